The third kappa shape index (κ3) is 6.57. The SMILES string of the molecule is O=C(NO)C1(SC2=CC=C(Oc3ccc(C(F)(F)F)cc3)C=CC2)CCN(Cc2ccccn2)CC1. The summed E-state index contributed by atoms with van der Waals surface area (Å²) in [6.45, 7) is 2.05. The normalized spacial score (nSPS) is 18.1. The largest absolute Gasteiger partial charge is 0.457 e. The molecule has 1 saturated heterocycles. The monoisotopic (exact) mass is 517 g/mol. The summed E-state index contributed by atoms with van der Waals surface area (Å²) in [5.41, 5.74) is 2.07. The molecule has 2 heterocycles. The standard InChI is InChI=1S/C26H26F3N3O3S/c27-26(28,29)19-7-9-22(10-8-19)35-21-5-3-6-23(12-11-21)36-25(24(33)31-34)13-16-32(17-14-25)18-20-4-1-2-15-30-20/h1-5,7-12,15,34H,6,13-14,16-18H2,(H,31,33). The molecule has 2 aromatic rings. The highest BCUT2D eigenvalue weighted by Crippen LogP contribution is 2.43. The number of ether oxygens (including phenoxy) is 1. The van der Waals surface area contributed by atoms with E-state index in [2.05, 4.69) is 9.88 Å². The zero-order chi connectivity index (χ0) is 25.6. The van der Waals surface area contributed by atoms with Gasteiger partial charge in [-0.2, -0.15) is 13.2 Å². The van der Waals surface area contributed by atoms with Crippen LogP contribution in [0.15, 0.2) is 83.6 Å². The lowest BCUT2D eigenvalue weighted by molar-refractivity contribution is -0.137. The van der Waals surface area contributed by atoms with E-state index in [1.807, 2.05) is 35.8 Å². The first-order valence-electron chi connectivity index (χ1n) is 11.5. The molecule has 0 bridgehead atoms. The maximum atomic E-state index is 12.8. The van der Waals surface area contributed by atoms with Crippen molar-refractivity contribution in [3.8, 4) is 5.75 Å². The van der Waals surface area contributed by atoms with Gasteiger partial charge in [0, 0.05) is 25.8 Å². The first-order chi connectivity index (χ1) is 17.3. The number of alkyl halides is 3. The van der Waals surface area contributed by atoms with Crippen molar-refractivity contribution in [1.82, 2.24) is 15.4 Å². The molecule has 190 valence electrons. The fourth-order valence-corrected chi connectivity index (χ4v) is 5.45. The first kappa shape index (κ1) is 26.0. The molecule has 1 amide bonds. The number of thioether (sulfide) groups is 1. The summed E-state index contributed by atoms with van der Waals surface area (Å²) in [6, 6.07) is 10.3. The molecule has 1 fully saturated rings. The second kappa shape index (κ2) is 11.3. The lowest BCUT2D eigenvalue weighted by Crippen LogP contribution is -2.51. The van der Waals surface area contributed by atoms with Gasteiger partial charge in [-0.3, -0.25) is 19.9 Å². The minimum Gasteiger partial charge on any atom is -0.457 e. The van der Waals surface area contributed by atoms with E-state index in [0.29, 0.717) is 50.4 Å². The minimum atomic E-state index is -4.40. The number of carbonyl (C=O) groups is 1. The van der Waals surface area contributed by atoms with Crippen molar-refractivity contribution in [3.05, 3.63) is 94.9 Å². The van der Waals surface area contributed by atoms with Gasteiger partial charge >= 0.3 is 6.18 Å². The van der Waals surface area contributed by atoms with Crippen molar-refractivity contribution in [1.29, 1.82) is 0 Å². The van der Waals surface area contributed by atoms with Gasteiger partial charge in [-0.1, -0.05) is 12.1 Å². The molecule has 1 aromatic heterocycles. The topological polar surface area (TPSA) is 74.7 Å². The Hall–Kier alpha value is -3.08. The smallest absolute Gasteiger partial charge is 0.416 e. The van der Waals surface area contributed by atoms with Gasteiger partial charge in [0.1, 0.15) is 16.3 Å². The molecule has 1 aliphatic heterocycles. The summed E-state index contributed by atoms with van der Waals surface area (Å²) in [4.78, 5) is 20.3. The Kier molecular flexibility index (Phi) is 8.17. The highest BCUT2D eigenvalue weighted by molar-refractivity contribution is 8.05. The molecule has 36 heavy (non-hydrogen) atoms. The van der Waals surface area contributed by atoms with E-state index >= 15 is 0 Å². The van der Waals surface area contributed by atoms with Gasteiger partial charge in [-0.15, -0.1) is 11.8 Å². The Bertz CT molecular complexity index is 1140. The molecule has 0 spiro atoms. The van der Waals surface area contributed by atoms with Crippen LogP contribution in [0.5, 0.6) is 5.75 Å². The Morgan fingerprint density at radius 2 is 1.89 bits per heavy atom. The van der Waals surface area contributed by atoms with Gasteiger partial charge < -0.3 is 4.74 Å². The number of benzene rings is 1. The summed E-state index contributed by atoms with van der Waals surface area (Å²) >= 11 is 1.43. The van der Waals surface area contributed by atoms with Gasteiger partial charge in [0.05, 0.1) is 11.3 Å². The Balaban J connectivity index is 1.41. The molecule has 0 radical (unpaired) electrons. The Labute approximate surface area is 211 Å². The van der Waals surface area contributed by atoms with Gasteiger partial charge in [0.25, 0.3) is 5.91 Å². The fraction of sp³-hybridized carbons (Fsp3) is 0.308. The van der Waals surface area contributed by atoms with E-state index in [9.17, 15) is 23.2 Å². The molecule has 0 atom stereocenters. The first-order valence-corrected chi connectivity index (χ1v) is 12.3. The Morgan fingerprint density at radius 1 is 1.14 bits per heavy atom. The van der Waals surface area contributed by atoms with E-state index in [4.69, 9.17) is 4.74 Å². The molecule has 1 aliphatic carbocycles. The predicted molar refractivity (Wildman–Crippen MR) is 131 cm³/mol. The number of hydrogen-bond acceptors (Lipinski definition) is 6. The van der Waals surface area contributed by atoms with Crippen molar-refractivity contribution in [2.75, 3.05) is 13.1 Å². The molecular formula is C26H26F3N3O3S. The molecule has 0 saturated carbocycles. The van der Waals surface area contributed by atoms with Crippen molar-refractivity contribution in [2.24, 2.45) is 0 Å². The number of rotatable bonds is 7. The number of nitrogens with zero attached hydrogens (tertiary/aromatic N) is 2. The molecule has 0 unspecified atom stereocenters. The van der Waals surface area contributed by atoms with E-state index in [1.54, 1.807) is 18.3 Å². The van der Waals surface area contributed by atoms with Crippen LogP contribution < -0.4 is 10.2 Å². The highest BCUT2D eigenvalue weighted by Gasteiger charge is 2.43. The molecular weight excluding hydrogens is 491 g/mol. The lowest BCUT2D eigenvalue weighted by Gasteiger charge is -2.39. The summed E-state index contributed by atoms with van der Waals surface area (Å²) in [7, 11) is 0. The van der Waals surface area contributed by atoms with Crippen LogP contribution in [0.2, 0.25) is 0 Å². The maximum absolute atomic E-state index is 12.8. The lowest BCUT2D eigenvalue weighted by atomic mass is 9.94. The predicted octanol–water partition coefficient (Wildman–Crippen LogP) is 5.48. The van der Waals surface area contributed by atoms with Crippen LogP contribution >= 0.6 is 11.8 Å². The molecule has 10 heteroatoms. The summed E-state index contributed by atoms with van der Waals surface area (Å²) in [6.07, 6.45) is 6.21. The number of likely N-dealkylation sites (tertiary alicyclic amines) is 1. The van der Waals surface area contributed by atoms with Gasteiger partial charge in [-0.25, -0.2) is 5.48 Å². The van der Waals surface area contributed by atoms with Crippen LogP contribution in [0, 0.1) is 0 Å². The van der Waals surface area contributed by atoms with E-state index < -0.39 is 22.4 Å². The zero-order valence-electron chi connectivity index (χ0n) is 19.4. The molecule has 2 N–H and O–H groups in total. The molecule has 6 nitrogen and oxygen atoms in total. The number of halogens is 3. The van der Waals surface area contributed by atoms with Gasteiger partial charge in [-0.05, 0) is 78.8 Å². The third-order valence-corrected chi connectivity index (χ3v) is 7.62. The van der Waals surface area contributed by atoms with Crippen LogP contribution in [-0.2, 0) is 17.5 Å². The summed E-state index contributed by atoms with van der Waals surface area (Å²) < 4.78 is 43.2. The van der Waals surface area contributed by atoms with E-state index in [1.165, 1.54) is 23.9 Å². The minimum absolute atomic E-state index is 0.291. The average Bonchev–Trinajstić information content (AvgIpc) is 3.10. The van der Waals surface area contributed by atoms with Crippen molar-refractivity contribution in [2.45, 2.75) is 36.7 Å². The number of amides is 1. The third-order valence-electron chi connectivity index (χ3n) is 6.07. The molecule has 4 rings (SSSR count). The fourth-order valence-electron chi connectivity index (χ4n) is 4.10. The van der Waals surface area contributed by atoms with Gasteiger partial charge in [0.15, 0.2) is 0 Å². The van der Waals surface area contributed by atoms with E-state index in [0.717, 1.165) is 22.7 Å². The quantitative estimate of drug-likeness (QED) is 0.374. The summed E-state index contributed by atoms with van der Waals surface area (Å²) in [5.74, 6) is 0.334. The van der Waals surface area contributed by atoms with Crippen LogP contribution in [0.25, 0.3) is 0 Å². The van der Waals surface area contributed by atoms with Crippen molar-refractivity contribution < 1.29 is 27.9 Å². The number of hydrogen-bond donors (Lipinski definition) is 2. The second-order valence-corrected chi connectivity index (χ2v) is 10.1. The maximum Gasteiger partial charge on any atom is 0.416 e. The molecule has 2 aliphatic rings. The van der Waals surface area contributed by atoms with Crippen LogP contribution in [0.1, 0.15) is 30.5 Å². The highest BCUT2D eigenvalue weighted by atomic mass is 32.2. The van der Waals surface area contributed by atoms with Crippen LogP contribution in [-0.4, -0.2) is 38.8 Å². The zero-order valence-corrected chi connectivity index (χ0v) is 20.2. The van der Waals surface area contributed by atoms with Crippen LogP contribution in [0.4, 0.5) is 13.2 Å². The van der Waals surface area contributed by atoms with Crippen molar-refractivity contribution in [3.63, 3.8) is 0 Å². The average molecular weight is 518 g/mol. The number of carbonyl (C=O) groups excluding carboxylic acids is 1. The number of piperidine rings is 1. The van der Waals surface area contributed by atoms with Crippen LogP contribution in [0.3, 0.4) is 0 Å². The molecule has 1 aromatic carbocycles. The number of pyridine rings is 1. The number of hydroxylamine groups is 1. The van der Waals surface area contributed by atoms with Crippen molar-refractivity contribution >= 4 is 17.7 Å². The Morgan fingerprint density at radius 3 is 2.53 bits per heavy atom. The summed E-state index contributed by atoms with van der Waals surface area (Å²) in [5, 5.41) is 9.44. The second-order valence-electron chi connectivity index (χ2n) is 8.57. The van der Waals surface area contributed by atoms with E-state index in [-0.39, 0.29) is 0 Å². The number of nitrogens with one attached hydrogen (secondary N) is 1. The number of allylic oxidation sites excluding steroid dienone is 5. The van der Waals surface area contributed by atoms with Gasteiger partial charge in [0.2, 0.25) is 0 Å². The number of aromatic nitrogens is 1.